The van der Waals surface area contributed by atoms with Gasteiger partial charge in [0.05, 0.1) is 24.5 Å². The first-order valence-electron chi connectivity index (χ1n) is 9.26. The van der Waals surface area contributed by atoms with Crippen molar-refractivity contribution in [2.24, 2.45) is 0 Å². The van der Waals surface area contributed by atoms with Gasteiger partial charge in [-0.1, -0.05) is 18.2 Å². The highest BCUT2D eigenvalue weighted by Gasteiger charge is 2.18. The number of hydrogen-bond acceptors (Lipinski definition) is 8. The molecule has 3 rings (SSSR count). The average molecular weight is 440 g/mol. The SMILES string of the molecule is COc1ccc(/C=C/C(=O)NC(C)C(=O)OCC(=O)Nc2cccc3nsnc23)cc1. The predicted octanol–water partition coefficient (Wildman–Crippen LogP) is 2.40. The number of esters is 1. The summed E-state index contributed by atoms with van der Waals surface area (Å²) in [6, 6.07) is 11.4. The third kappa shape index (κ3) is 6.09. The van der Waals surface area contributed by atoms with Gasteiger partial charge in [-0.25, -0.2) is 4.79 Å². The van der Waals surface area contributed by atoms with Crippen LogP contribution in [-0.4, -0.2) is 46.3 Å². The second kappa shape index (κ2) is 10.3. The summed E-state index contributed by atoms with van der Waals surface area (Å²) < 4.78 is 18.3. The summed E-state index contributed by atoms with van der Waals surface area (Å²) in [5.41, 5.74) is 2.51. The van der Waals surface area contributed by atoms with Crippen LogP contribution in [0.15, 0.2) is 48.5 Å². The van der Waals surface area contributed by atoms with Crippen molar-refractivity contribution in [1.29, 1.82) is 0 Å². The molecule has 1 atom stereocenters. The van der Waals surface area contributed by atoms with Crippen LogP contribution in [-0.2, 0) is 19.1 Å². The first-order valence-corrected chi connectivity index (χ1v) is 9.99. The molecule has 0 radical (unpaired) electrons. The lowest BCUT2D eigenvalue weighted by molar-refractivity contribution is -0.149. The van der Waals surface area contributed by atoms with Gasteiger partial charge in [0.15, 0.2) is 6.61 Å². The van der Waals surface area contributed by atoms with E-state index >= 15 is 0 Å². The monoisotopic (exact) mass is 440 g/mol. The summed E-state index contributed by atoms with van der Waals surface area (Å²) in [5.74, 6) is -1.00. The van der Waals surface area contributed by atoms with Gasteiger partial charge in [0.25, 0.3) is 5.91 Å². The summed E-state index contributed by atoms with van der Waals surface area (Å²) in [7, 11) is 1.57. The van der Waals surface area contributed by atoms with E-state index < -0.39 is 30.4 Å². The van der Waals surface area contributed by atoms with Gasteiger partial charge in [0.2, 0.25) is 5.91 Å². The Bertz CT molecular complexity index is 1110. The molecule has 0 saturated heterocycles. The zero-order valence-electron chi connectivity index (χ0n) is 16.8. The van der Waals surface area contributed by atoms with E-state index in [1.54, 1.807) is 55.7 Å². The summed E-state index contributed by atoms with van der Waals surface area (Å²) in [4.78, 5) is 36.2. The smallest absolute Gasteiger partial charge is 0.328 e. The Kier molecular flexibility index (Phi) is 7.28. The van der Waals surface area contributed by atoms with Crippen molar-refractivity contribution in [3.63, 3.8) is 0 Å². The molecule has 3 aromatic rings. The number of ether oxygens (including phenoxy) is 2. The zero-order chi connectivity index (χ0) is 22.2. The third-order valence-electron chi connectivity index (χ3n) is 4.16. The Labute approximate surface area is 182 Å². The van der Waals surface area contributed by atoms with Crippen molar-refractivity contribution >= 4 is 52.3 Å². The molecule has 0 aliphatic rings. The number of nitrogens with one attached hydrogen (secondary N) is 2. The van der Waals surface area contributed by atoms with Crippen LogP contribution in [0.1, 0.15) is 12.5 Å². The van der Waals surface area contributed by atoms with E-state index in [1.807, 2.05) is 0 Å². The highest BCUT2D eigenvalue weighted by atomic mass is 32.1. The van der Waals surface area contributed by atoms with Crippen LogP contribution in [0.3, 0.4) is 0 Å². The summed E-state index contributed by atoms with van der Waals surface area (Å²) in [5, 5.41) is 5.13. The number of aromatic nitrogens is 2. The van der Waals surface area contributed by atoms with Gasteiger partial charge in [-0.15, -0.1) is 0 Å². The Morgan fingerprint density at radius 1 is 1.13 bits per heavy atom. The van der Waals surface area contributed by atoms with Gasteiger partial charge in [0.1, 0.15) is 22.8 Å². The number of hydrogen-bond donors (Lipinski definition) is 2. The van der Waals surface area contributed by atoms with E-state index in [4.69, 9.17) is 9.47 Å². The van der Waals surface area contributed by atoms with Crippen LogP contribution in [0.25, 0.3) is 17.1 Å². The first kappa shape index (κ1) is 21.9. The summed E-state index contributed by atoms with van der Waals surface area (Å²) in [6.07, 6.45) is 2.91. The lowest BCUT2D eigenvalue weighted by Gasteiger charge is -2.12. The molecule has 0 aliphatic carbocycles. The van der Waals surface area contributed by atoms with Crippen LogP contribution < -0.4 is 15.4 Å². The fraction of sp³-hybridized carbons (Fsp3) is 0.190. The van der Waals surface area contributed by atoms with Crippen LogP contribution >= 0.6 is 11.7 Å². The molecular weight excluding hydrogens is 420 g/mol. The van der Waals surface area contributed by atoms with Crippen molar-refractivity contribution in [3.05, 3.63) is 54.1 Å². The van der Waals surface area contributed by atoms with Crippen LogP contribution in [0.5, 0.6) is 5.75 Å². The number of anilines is 1. The number of carbonyl (C=O) groups excluding carboxylic acids is 3. The Balaban J connectivity index is 1.45. The minimum atomic E-state index is -0.924. The molecule has 160 valence electrons. The molecule has 10 heteroatoms. The fourth-order valence-corrected chi connectivity index (χ4v) is 3.11. The van der Waals surface area contributed by atoms with Crippen molar-refractivity contribution in [2.45, 2.75) is 13.0 Å². The fourth-order valence-electron chi connectivity index (χ4n) is 2.56. The Morgan fingerprint density at radius 3 is 2.65 bits per heavy atom. The van der Waals surface area contributed by atoms with Gasteiger partial charge in [0, 0.05) is 6.08 Å². The largest absolute Gasteiger partial charge is 0.497 e. The van der Waals surface area contributed by atoms with E-state index in [1.165, 1.54) is 13.0 Å². The number of fused-ring (bicyclic) bond motifs is 1. The Morgan fingerprint density at radius 2 is 1.90 bits per heavy atom. The lowest BCUT2D eigenvalue weighted by atomic mass is 10.2. The second-order valence-corrected chi connectivity index (χ2v) is 6.96. The average Bonchev–Trinajstić information content (AvgIpc) is 3.26. The van der Waals surface area contributed by atoms with Gasteiger partial charge in [-0.3, -0.25) is 9.59 Å². The molecule has 1 unspecified atom stereocenters. The second-order valence-electron chi connectivity index (χ2n) is 6.43. The number of methoxy groups -OCH3 is 1. The number of carbonyl (C=O) groups is 3. The van der Waals surface area contributed by atoms with Gasteiger partial charge < -0.3 is 20.1 Å². The number of rotatable bonds is 8. The zero-order valence-corrected chi connectivity index (χ0v) is 17.6. The number of nitrogens with zero attached hydrogens (tertiary/aromatic N) is 2. The number of amides is 2. The maximum atomic E-state index is 12.1. The molecule has 0 aliphatic heterocycles. The standard InChI is InChI=1S/C21H20N4O5S/c1-13(22-18(26)11-8-14-6-9-15(29-2)10-7-14)21(28)30-12-19(27)23-16-4-3-5-17-20(16)25-31-24-17/h3-11,13H,12H2,1-2H3,(H,22,26)(H,23,27)/b11-8+. The molecule has 9 nitrogen and oxygen atoms in total. The van der Waals surface area contributed by atoms with E-state index in [-0.39, 0.29) is 0 Å². The van der Waals surface area contributed by atoms with E-state index in [0.717, 1.165) is 17.3 Å². The van der Waals surface area contributed by atoms with E-state index in [0.29, 0.717) is 22.5 Å². The topological polar surface area (TPSA) is 120 Å². The molecule has 2 amide bonds. The van der Waals surface area contributed by atoms with Crippen LogP contribution in [0.2, 0.25) is 0 Å². The van der Waals surface area contributed by atoms with Gasteiger partial charge in [-0.2, -0.15) is 8.75 Å². The maximum Gasteiger partial charge on any atom is 0.328 e. The molecule has 0 fully saturated rings. The van der Waals surface area contributed by atoms with Crippen LogP contribution in [0, 0.1) is 0 Å². The summed E-state index contributed by atoms with van der Waals surface area (Å²) in [6.45, 7) is 0.982. The van der Waals surface area contributed by atoms with Crippen molar-refractivity contribution in [2.75, 3.05) is 19.0 Å². The van der Waals surface area contributed by atoms with Gasteiger partial charge in [-0.05, 0) is 42.8 Å². The first-order chi connectivity index (χ1) is 15.0. The minimum Gasteiger partial charge on any atom is -0.497 e. The molecule has 0 bridgehead atoms. The van der Waals surface area contributed by atoms with Crippen molar-refractivity contribution < 1.29 is 23.9 Å². The highest BCUT2D eigenvalue weighted by Crippen LogP contribution is 2.20. The molecule has 1 heterocycles. The van der Waals surface area contributed by atoms with Crippen molar-refractivity contribution in [3.8, 4) is 5.75 Å². The molecule has 0 saturated carbocycles. The van der Waals surface area contributed by atoms with E-state index in [2.05, 4.69) is 19.4 Å². The van der Waals surface area contributed by atoms with Gasteiger partial charge >= 0.3 is 5.97 Å². The summed E-state index contributed by atoms with van der Waals surface area (Å²) >= 11 is 1.04. The van der Waals surface area contributed by atoms with Crippen LogP contribution in [0.4, 0.5) is 5.69 Å². The molecule has 2 aromatic carbocycles. The molecular formula is C21H20N4O5S. The minimum absolute atomic E-state index is 0.465. The van der Waals surface area contributed by atoms with Crippen molar-refractivity contribution in [1.82, 2.24) is 14.1 Å². The third-order valence-corrected chi connectivity index (χ3v) is 4.70. The molecule has 31 heavy (non-hydrogen) atoms. The molecule has 2 N–H and O–H groups in total. The molecule has 1 aromatic heterocycles. The predicted molar refractivity (Wildman–Crippen MR) is 117 cm³/mol. The lowest BCUT2D eigenvalue weighted by Crippen LogP contribution is -2.39. The molecule has 0 spiro atoms. The normalized spacial score (nSPS) is 11.8. The maximum absolute atomic E-state index is 12.1. The Hall–Kier alpha value is -3.79. The quantitative estimate of drug-likeness (QED) is 0.408. The van der Waals surface area contributed by atoms with E-state index in [9.17, 15) is 14.4 Å². The highest BCUT2D eigenvalue weighted by molar-refractivity contribution is 7.00. The number of benzene rings is 2.